The van der Waals surface area contributed by atoms with Gasteiger partial charge in [-0.05, 0) is 49.4 Å². The summed E-state index contributed by atoms with van der Waals surface area (Å²) in [5.41, 5.74) is 0.573. The fourth-order valence-electron chi connectivity index (χ4n) is 2.79. The molecule has 0 aliphatic rings. The maximum Gasteiger partial charge on any atom is 0.417 e. The van der Waals surface area contributed by atoms with E-state index in [0.29, 0.717) is 11.3 Å². The third-order valence-electron chi connectivity index (χ3n) is 4.14. The van der Waals surface area contributed by atoms with Crippen molar-refractivity contribution in [3.05, 3.63) is 95.1 Å². The molecular formula is C22H17F3N2O2. The smallest absolute Gasteiger partial charge is 0.322 e. The molecule has 0 saturated heterocycles. The Bertz CT molecular complexity index is 1060. The lowest BCUT2D eigenvalue weighted by Gasteiger charge is -2.13. The summed E-state index contributed by atoms with van der Waals surface area (Å²) >= 11 is 0. The van der Waals surface area contributed by atoms with E-state index in [0.717, 1.165) is 17.7 Å². The molecule has 4 nitrogen and oxygen atoms in total. The van der Waals surface area contributed by atoms with E-state index in [9.17, 15) is 22.8 Å². The van der Waals surface area contributed by atoms with Crippen LogP contribution in [-0.2, 0) is 6.18 Å². The van der Waals surface area contributed by atoms with E-state index in [4.69, 9.17) is 0 Å². The fraction of sp³-hybridized carbons (Fsp3) is 0.0909. The van der Waals surface area contributed by atoms with Gasteiger partial charge in [0.1, 0.15) is 0 Å². The van der Waals surface area contributed by atoms with Crippen LogP contribution in [0.3, 0.4) is 0 Å². The topological polar surface area (TPSA) is 58.2 Å². The molecule has 0 atom stereocenters. The number of hydrogen-bond donors (Lipinski definition) is 2. The van der Waals surface area contributed by atoms with Gasteiger partial charge in [-0.2, -0.15) is 13.2 Å². The highest BCUT2D eigenvalue weighted by Gasteiger charge is 2.34. The van der Waals surface area contributed by atoms with Crippen molar-refractivity contribution in [1.82, 2.24) is 0 Å². The molecule has 0 bridgehead atoms. The van der Waals surface area contributed by atoms with E-state index in [2.05, 4.69) is 10.6 Å². The number of nitrogens with one attached hydrogen (secondary N) is 2. The number of aryl methyl sites for hydroxylation is 1. The lowest BCUT2D eigenvalue weighted by Crippen LogP contribution is -2.18. The molecule has 3 rings (SSSR count). The second-order valence-corrected chi connectivity index (χ2v) is 6.40. The normalized spacial score (nSPS) is 11.0. The second-order valence-electron chi connectivity index (χ2n) is 6.40. The molecule has 0 unspecified atom stereocenters. The number of benzene rings is 3. The van der Waals surface area contributed by atoms with Crippen LogP contribution in [0.2, 0.25) is 0 Å². The summed E-state index contributed by atoms with van der Waals surface area (Å²) in [5.74, 6) is -1.22. The van der Waals surface area contributed by atoms with Crippen molar-refractivity contribution < 1.29 is 22.8 Å². The van der Waals surface area contributed by atoms with Gasteiger partial charge in [-0.15, -0.1) is 0 Å². The zero-order chi connectivity index (χ0) is 21.0. The largest absolute Gasteiger partial charge is 0.417 e. The van der Waals surface area contributed by atoms with Crippen LogP contribution in [0.5, 0.6) is 0 Å². The molecule has 7 heteroatoms. The van der Waals surface area contributed by atoms with Gasteiger partial charge >= 0.3 is 6.18 Å². The molecule has 0 aliphatic heterocycles. The number of amides is 2. The van der Waals surface area contributed by atoms with Crippen LogP contribution < -0.4 is 10.6 Å². The first-order valence-electron chi connectivity index (χ1n) is 8.70. The summed E-state index contributed by atoms with van der Waals surface area (Å²) in [4.78, 5) is 24.7. The quantitative estimate of drug-likeness (QED) is 0.608. The van der Waals surface area contributed by atoms with Crippen LogP contribution in [0.15, 0.2) is 72.8 Å². The van der Waals surface area contributed by atoms with Crippen molar-refractivity contribution in [2.24, 2.45) is 0 Å². The first-order valence-corrected chi connectivity index (χ1v) is 8.70. The minimum absolute atomic E-state index is 0.258. The Morgan fingerprint density at radius 1 is 0.759 bits per heavy atom. The number of anilines is 2. The fourth-order valence-corrected chi connectivity index (χ4v) is 2.79. The maximum atomic E-state index is 13.1. The van der Waals surface area contributed by atoms with Gasteiger partial charge in [-0.3, -0.25) is 9.59 Å². The standard InChI is InChI=1S/C22H17F3N2O2/c1-14-6-4-7-15(12-14)20(28)26-16-8-5-9-17(13-16)27-21(29)18-10-2-3-11-19(18)22(23,24)25/h2-13H,1H3,(H,26,28)(H,27,29). The van der Waals surface area contributed by atoms with Crippen molar-refractivity contribution in [3.63, 3.8) is 0 Å². The molecule has 0 radical (unpaired) electrons. The van der Waals surface area contributed by atoms with Gasteiger partial charge in [-0.25, -0.2) is 0 Å². The first kappa shape index (κ1) is 20.1. The van der Waals surface area contributed by atoms with Crippen LogP contribution in [0.4, 0.5) is 24.5 Å². The highest BCUT2D eigenvalue weighted by Crippen LogP contribution is 2.32. The molecule has 148 valence electrons. The average Bonchev–Trinajstić information content (AvgIpc) is 2.67. The number of carbonyl (C=O) groups is 2. The highest BCUT2D eigenvalue weighted by molar-refractivity contribution is 6.07. The third kappa shape index (κ3) is 5.01. The van der Waals surface area contributed by atoms with E-state index < -0.39 is 23.2 Å². The van der Waals surface area contributed by atoms with E-state index in [1.807, 2.05) is 13.0 Å². The average molecular weight is 398 g/mol. The van der Waals surface area contributed by atoms with Crippen molar-refractivity contribution >= 4 is 23.2 Å². The van der Waals surface area contributed by atoms with Crippen LogP contribution in [0.25, 0.3) is 0 Å². The lowest BCUT2D eigenvalue weighted by molar-refractivity contribution is -0.137. The highest BCUT2D eigenvalue weighted by atomic mass is 19.4. The van der Waals surface area contributed by atoms with Crippen LogP contribution in [0.1, 0.15) is 31.8 Å². The number of halogens is 3. The Balaban J connectivity index is 1.77. The molecule has 0 fully saturated rings. The molecule has 0 aromatic heterocycles. The number of carbonyl (C=O) groups excluding carboxylic acids is 2. The van der Waals surface area contributed by atoms with Gasteiger partial charge in [0, 0.05) is 16.9 Å². The van der Waals surface area contributed by atoms with Crippen molar-refractivity contribution in [2.75, 3.05) is 10.6 Å². The minimum atomic E-state index is -4.64. The van der Waals surface area contributed by atoms with E-state index in [1.165, 1.54) is 24.3 Å². The van der Waals surface area contributed by atoms with Crippen molar-refractivity contribution in [1.29, 1.82) is 0 Å². The molecule has 3 aromatic rings. The molecule has 0 spiro atoms. The Morgan fingerprint density at radius 2 is 1.38 bits per heavy atom. The Kier molecular flexibility index (Phi) is 5.68. The zero-order valence-corrected chi connectivity index (χ0v) is 15.4. The molecule has 3 aromatic carbocycles. The summed E-state index contributed by atoms with van der Waals surface area (Å²) in [6, 6.07) is 17.8. The van der Waals surface area contributed by atoms with E-state index >= 15 is 0 Å². The number of rotatable bonds is 4. The number of alkyl halides is 3. The van der Waals surface area contributed by atoms with Gasteiger partial charge in [0.05, 0.1) is 11.1 Å². The maximum absolute atomic E-state index is 13.1. The van der Waals surface area contributed by atoms with Gasteiger partial charge < -0.3 is 10.6 Å². The minimum Gasteiger partial charge on any atom is -0.322 e. The van der Waals surface area contributed by atoms with Crippen LogP contribution in [-0.4, -0.2) is 11.8 Å². The molecule has 29 heavy (non-hydrogen) atoms. The monoisotopic (exact) mass is 398 g/mol. The third-order valence-corrected chi connectivity index (χ3v) is 4.14. The lowest BCUT2D eigenvalue weighted by atomic mass is 10.1. The van der Waals surface area contributed by atoms with Crippen molar-refractivity contribution in [3.8, 4) is 0 Å². The molecular weight excluding hydrogens is 381 g/mol. The van der Waals surface area contributed by atoms with Gasteiger partial charge in [0.25, 0.3) is 11.8 Å². The predicted molar refractivity (Wildman–Crippen MR) is 105 cm³/mol. The summed E-state index contributed by atoms with van der Waals surface area (Å²) < 4.78 is 39.4. The van der Waals surface area contributed by atoms with Gasteiger partial charge in [0.2, 0.25) is 0 Å². The Morgan fingerprint density at radius 3 is 2.03 bits per heavy atom. The molecule has 0 aliphatic carbocycles. The summed E-state index contributed by atoms with van der Waals surface area (Å²) in [6.45, 7) is 1.87. The van der Waals surface area contributed by atoms with E-state index in [-0.39, 0.29) is 11.6 Å². The molecule has 2 amide bonds. The van der Waals surface area contributed by atoms with E-state index in [1.54, 1.807) is 30.3 Å². The van der Waals surface area contributed by atoms with Gasteiger partial charge in [-0.1, -0.05) is 35.9 Å². The molecule has 2 N–H and O–H groups in total. The zero-order valence-electron chi connectivity index (χ0n) is 15.4. The first-order chi connectivity index (χ1) is 13.7. The van der Waals surface area contributed by atoms with Crippen LogP contribution >= 0.6 is 0 Å². The predicted octanol–water partition coefficient (Wildman–Crippen LogP) is 5.52. The SMILES string of the molecule is Cc1cccc(C(=O)Nc2cccc(NC(=O)c3ccccc3C(F)(F)F)c2)c1. The van der Waals surface area contributed by atoms with Gasteiger partial charge in [0.15, 0.2) is 0 Å². The van der Waals surface area contributed by atoms with Crippen molar-refractivity contribution in [2.45, 2.75) is 13.1 Å². The number of hydrogen-bond acceptors (Lipinski definition) is 2. The van der Waals surface area contributed by atoms with Crippen LogP contribution in [0, 0.1) is 6.92 Å². The summed E-state index contributed by atoms with van der Waals surface area (Å²) in [5, 5.41) is 5.15. The molecule has 0 saturated carbocycles. The molecule has 0 heterocycles. The summed E-state index contributed by atoms with van der Waals surface area (Å²) in [6.07, 6.45) is -4.64. The Labute approximate surface area is 165 Å². The second kappa shape index (κ2) is 8.18. The summed E-state index contributed by atoms with van der Waals surface area (Å²) in [7, 11) is 0. The Hall–Kier alpha value is -3.61.